The lowest BCUT2D eigenvalue weighted by molar-refractivity contribution is -0.111. The van der Waals surface area contributed by atoms with Gasteiger partial charge in [-0.2, -0.15) is 0 Å². The maximum Gasteiger partial charge on any atom is 0.250 e. The highest BCUT2D eigenvalue weighted by Crippen LogP contribution is 2.30. The quantitative estimate of drug-likeness (QED) is 0.297. The van der Waals surface area contributed by atoms with E-state index in [2.05, 4.69) is 47.6 Å². The summed E-state index contributed by atoms with van der Waals surface area (Å²) in [5.74, 6) is 1.79. The first-order chi connectivity index (χ1) is 14.5. The van der Waals surface area contributed by atoms with Crippen molar-refractivity contribution in [2.24, 2.45) is 0 Å². The van der Waals surface area contributed by atoms with Gasteiger partial charge >= 0.3 is 0 Å². The molecular weight excluding hydrogens is 418 g/mol. The zero-order valence-electron chi connectivity index (χ0n) is 17.3. The highest BCUT2D eigenvalue weighted by atomic mass is 32.2. The third-order valence-electron chi connectivity index (χ3n) is 4.33. The largest absolute Gasteiger partial charge is 0.493 e. The van der Waals surface area contributed by atoms with Gasteiger partial charge in [0, 0.05) is 11.8 Å². The second-order valence-electron chi connectivity index (χ2n) is 6.53. The normalized spacial score (nSPS) is 10.9. The first-order valence-electron chi connectivity index (χ1n) is 9.22. The number of anilines is 1. The van der Waals surface area contributed by atoms with Crippen molar-refractivity contribution in [2.75, 3.05) is 19.5 Å². The summed E-state index contributed by atoms with van der Waals surface area (Å²) >= 11 is 2.97. The molecular formula is C22H23N3O3S2. The van der Waals surface area contributed by atoms with Gasteiger partial charge in [0.05, 0.1) is 14.2 Å². The first-order valence-corrected chi connectivity index (χ1v) is 11.0. The molecule has 1 heterocycles. The van der Waals surface area contributed by atoms with E-state index in [0.29, 0.717) is 16.6 Å². The summed E-state index contributed by atoms with van der Waals surface area (Å²) in [7, 11) is 3.15. The molecule has 0 radical (unpaired) electrons. The number of ether oxygens (including phenoxy) is 2. The molecule has 0 saturated heterocycles. The van der Waals surface area contributed by atoms with Crippen LogP contribution < -0.4 is 14.8 Å². The first kappa shape index (κ1) is 21.9. The van der Waals surface area contributed by atoms with Crippen LogP contribution in [-0.4, -0.2) is 30.3 Å². The fourth-order valence-corrected chi connectivity index (χ4v) is 4.51. The number of benzene rings is 2. The van der Waals surface area contributed by atoms with E-state index in [1.165, 1.54) is 34.1 Å². The highest BCUT2D eigenvalue weighted by molar-refractivity contribution is 8.00. The van der Waals surface area contributed by atoms with E-state index in [-0.39, 0.29) is 5.91 Å². The molecule has 156 valence electrons. The van der Waals surface area contributed by atoms with E-state index in [9.17, 15) is 4.79 Å². The smallest absolute Gasteiger partial charge is 0.250 e. The summed E-state index contributed by atoms with van der Waals surface area (Å²) in [4.78, 5) is 12.2. The van der Waals surface area contributed by atoms with Crippen LogP contribution >= 0.6 is 23.1 Å². The number of methoxy groups -OCH3 is 2. The topological polar surface area (TPSA) is 73.3 Å². The third kappa shape index (κ3) is 5.84. The Morgan fingerprint density at radius 1 is 1.10 bits per heavy atom. The zero-order chi connectivity index (χ0) is 21.5. The number of carbonyl (C=O) groups excluding carboxylic acids is 1. The highest BCUT2D eigenvalue weighted by Gasteiger charge is 2.09. The van der Waals surface area contributed by atoms with Gasteiger partial charge in [-0.05, 0) is 48.7 Å². The number of carbonyl (C=O) groups is 1. The second kappa shape index (κ2) is 10.3. The van der Waals surface area contributed by atoms with Gasteiger partial charge in [0.1, 0.15) is 0 Å². The van der Waals surface area contributed by atoms with Crippen LogP contribution in [0.4, 0.5) is 5.13 Å². The minimum atomic E-state index is -0.271. The number of amides is 1. The van der Waals surface area contributed by atoms with Crippen LogP contribution in [0.2, 0.25) is 0 Å². The average molecular weight is 442 g/mol. The van der Waals surface area contributed by atoms with E-state index in [0.717, 1.165) is 15.7 Å². The fraction of sp³-hybridized carbons (Fsp3) is 0.227. The molecule has 1 aromatic heterocycles. The van der Waals surface area contributed by atoms with Gasteiger partial charge in [0.25, 0.3) is 0 Å². The van der Waals surface area contributed by atoms with Gasteiger partial charge in [-0.1, -0.05) is 52.9 Å². The van der Waals surface area contributed by atoms with Crippen molar-refractivity contribution in [3.05, 3.63) is 64.7 Å². The zero-order valence-corrected chi connectivity index (χ0v) is 18.9. The molecule has 1 amide bonds. The standard InChI is InChI=1S/C22H23N3O3S2/c1-14-5-6-15(2)17(11-14)13-29-22-25-24-21(30-22)23-20(26)10-8-16-7-9-18(27-3)19(12-16)28-4/h5-12H,13H2,1-4H3,(H,23,24,26)/b10-8+. The molecule has 0 aliphatic rings. The van der Waals surface area contributed by atoms with E-state index < -0.39 is 0 Å². The Balaban J connectivity index is 1.57. The Kier molecular flexibility index (Phi) is 7.48. The number of aromatic nitrogens is 2. The van der Waals surface area contributed by atoms with Gasteiger partial charge in [0.15, 0.2) is 15.8 Å². The van der Waals surface area contributed by atoms with Crippen molar-refractivity contribution in [1.29, 1.82) is 0 Å². The number of nitrogens with zero attached hydrogens (tertiary/aromatic N) is 2. The van der Waals surface area contributed by atoms with E-state index in [1.54, 1.807) is 44.2 Å². The number of hydrogen-bond donors (Lipinski definition) is 1. The summed E-state index contributed by atoms with van der Waals surface area (Å²) < 4.78 is 11.3. The molecule has 0 aliphatic heterocycles. The Morgan fingerprint density at radius 3 is 2.67 bits per heavy atom. The van der Waals surface area contributed by atoms with Crippen LogP contribution in [0, 0.1) is 13.8 Å². The molecule has 2 aromatic carbocycles. The van der Waals surface area contributed by atoms with Crippen LogP contribution in [0.3, 0.4) is 0 Å². The maximum atomic E-state index is 12.2. The van der Waals surface area contributed by atoms with Crippen LogP contribution in [0.5, 0.6) is 11.5 Å². The number of hydrogen-bond acceptors (Lipinski definition) is 7. The summed E-state index contributed by atoms with van der Waals surface area (Å²) in [5.41, 5.74) is 4.59. The molecule has 0 unspecified atom stereocenters. The molecule has 3 rings (SSSR count). The Labute approximate surface area is 184 Å². The summed E-state index contributed by atoms with van der Waals surface area (Å²) in [5, 5.41) is 11.4. The Morgan fingerprint density at radius 2 is 1.90 bits per heavy atom. The SMILES string of the molecule is COc1ccc(/C=C/C(=O)Nc2nnc(SCc3cc(C)ccc3C)s2)cc1OC. The molecule has 3 aromatic rings. The lowest BCUT2D eigenvalue weighted by atomic mass is 10.1. The monoisotopic (exact) mass is 441 g/mol. The number of aryl methyl sites for hydroxylation is 2. The maximum absolute atomic E-state index is 12.2. The van der Waals surface area contributed by atoms with E-state index in [1.807, 2.05) is 6.07 Å². The van der Waals surface area contributed by atoms with Crippen LogP contribution in [-0.2, 0) is 10.5 Å². The van der Waals surface area contributed by atoms with E-state index in [4.69, 9.17) is 9.47 Å². The predicted octanol–water partition coefficient (Wildman–Crippen LogP) is 5.12. The third-order valence-corrected chi connectivity index (χ3v) is 6.35. The van der Waals surface area contributed by atoms with Crippen molar-refractivity contribution in [3.8, 4) is 11.5 Å². The van der Waals surface area contributed by atoms with Gasteiger partial charge in [-0.25, -0.2) is 0 Å². The number of thioether (sulfide) groups is 1. The van der Waals surface area contributed by atoms with Gasteiger partial charge in [-0.15, -0.1) is 10.2 Å². The van der Waals surface area contributed by atoms with E-state index >= 15 is 0 Å². The Bertz CT molecular complexity index is 1060. The second-order valence-corrected chi connectivity index (χ2v) is 8.73. The number of rotatable bonds is 8. The fourth-order valence-electron chi connectivity index (χ4n) is 2.69. The lowest BCUT2D eigenvalue weighted by Crippen LogP contribution is -2.07. The van der Waals surface area contributed by atoms with Crippen molar-refractivity contribution >= 4 is 40.2 Å². The van der Waals surface area contributed by atoms with Gasteiger partial charge < -0.3 is 9.47 Å². The molecule has 0 aliphatic carbocycles. The molecule has 0 bridgehead atoms. The molecule has 8 heteroatoms. The average Bonchev–Trinajstić information content (AvgIpc) is 3.19. The van der Waals surface area contributed by atoms with Crippen molar-refractivity contribution in [2.45, 2.75) is 23.9 Å². The van der Waals surface area contributed by atoms with Gasteiger partial charge in [-0.3, -0.25) is 10.1 Å². The van der Waals surface area contributed by atoms with Crippen LogP contribution in [0.25, 0.3) is 6.08 Å². The van der Waals surface area contributed by atoms with Crippen LogP contribution in [0.1, 0.15) is 22.3 Å². The lowest BCUT2D eigenvalue weighted by Gasteiger charge is -2.07. The van der Waals surface area contributed by atoms with Gasteiger partial charge in [0.2, 0.25) is 11.0 Å². The molecule has 30 heavy (non-hydrogen) atoms. The summed E-state index contributed by atoms with van der Waals surface area (Å²) in [6, 6.07) is 11.9. The number of nitrogens with one attached hydrogen (secondary N) is 1. The minimum absolute atomic E-state index is 0.271. The molecule has 1 N–H and O–H groups in total. The Hall–Kier alpha value is -2.84. The summed E-state index contributed by atoms with van der Waals surface area (Å²) in [6.45, 7) is 4.19. The molecule has 0 saturated carbocycles. The van der Waals surface area contributed by atoms with Crippen molar-refractivity contribution in [1.82, 2.24) is 10.2 Å². The molecule has 6 nitrogen and oxygen atoms in total. The predicted molar refractivity (Wildman–Crippen MR) is 123 cm³/mol. The van der Waals surface area contributed by atoms with Crippen molar-refractivity contribution < 1.29 is 14.3 Å². The van der Waals surface area contributed by atoms with Crippen LogP contribution in [0.15, 0.2) is 46.8 Å². The minimum Gasteiger partial charge on any atom is -0.493 e. The van der Waals surface area contributed by atoms with Crippen molar-refractivity contribution in [3.63, 3.8) is 0 Å². The molecule has 0 spiro atoms. The summed E-state index contributed by atoms with van der Waals surface area (Å²) in [6.07, 6.45) is 3.15. The molecule has 0 atom stereocenters. The molecule has 0 fully saturated rings.